The number of carbonyl (C=O) groups is 1. The van der Waals surface area contributed by atoms with Crippen LogP contribution in [-0.4, -0.2) is 29.6 Å². The van der Waals surface area contributed by atoms with E-state index in [-0.39, 0.29) is 6.42 Å². The third-order valence-corrected chi connectivity index (χ3v) is 3.69. The Hall–Kier alpha value is -1.35. The number of hydrogen-bond acceptors (Lipinski definition) is 2. The quantitative estimate of drug-likeness (QED) is 0.840. The van der Waals surface area contributed by atoms with Gasteiger partial charge in [-0.2, -0.15) is 0 Å². The second-order valence-corrected chi connectivity index (χ2v) is 5.33. The van der Waals surface area contributed by atoms with Crippen LogP contribution in [-0.2, 0) is 17.8 Å². The van der Waals surface area contributed by atoms with Gasteiger partial charge in [0.25, 0.3) is 0 Å². The average molecular weight is 247 g/mol. The second-order valence-electron chi connectivity index (χ2n) is 5.33. The Labute approximate surface area is 108 Å². The maximum Gasteiger partial charge on any atom is 0.307 e. The minimum absolute atomic E-state index is 0.118. The summed E-state index contributed by atoms with van der Waals surface area (Å²) in [6, 6.07) is 7.85. The molecule has 1 fully saturated rings. The van der Waals surface area contributed by atoms with Crippen molar-refractivity contribution in [1.29, 1.82) is 0 Å². The smallest absolute Gasteiger partial charge is 0.307 e. The monoisotopic (exact) mass is 247 g/mol. The van der Waals surface area contributed by atoms with E-state index in [0.717, 1.165) is 30.1 Å². The Kier molecular flexibility index (Phi) is 4.37. The van der Waals surface area contributed by atoms with Crippen molar-refractivity contribution in [3.8, 4) is 0 Å². The van der Waals surface area contributed by atoms with Crippen LogP contribution in [0.5, 0.6) is 0 Å². The fraction of sp³-hybridized carbons (Fsp3) is 0.533. The van der Waals surface area contributed by atoms with Gasteiger partial charge in [-0.1, -0.05) is 30.7 Å². The van der Waals surface area contributed by atoms with Crippen LogP contribution < -0.4 is 0 Å². The van der Waals surface area contributed by atoms with Crippen LogP contribution in [0.25, 0.3) is 0 Å². The highest BCUT2D eigenvalue weighted by Crippen LogP contribution is 2.27. The largest absolute Gasteiger partial charge is 0.481 e. The Morgan fingerprint density at radius 3 is 2.56 bits per heavy atom. The summed E-state index contributed by atoms with van der Waals surface area (Å²) >= 11 is 0. The highest BCUT2D eigenvalue weighted by molar-refractivity contribution is 5.70. The van der Waals surface area contributed by atoms with Crippen LogP contribution in [0.3, 0.4) is 0 Å². The van der Waals surface area contributed by atoms with Crippen LogP contribution in [0, 0.1) is 5.92 Å². The van der Waals surface area contributed by atoms with Crippen molar-refractivity contribution in [2.45, 2.75) is 32.2 Å². The lowest BCUT2D eigenvalue weighted by molar-refractivity contribution is -0.136. The summed E-state index contributed by atoms with van der Waals surface area (Å²) in [5.41, 5.74) is 2.08. The molecule has 1 aromatic carbocycles. The molecule has 0 atom stereocenters. The molecule has 0 unspecified atom stereocenters. The van der Waals surface area contributed by atoms with Gasteiger partial charge in [0, 0.05) is 13.1 Å². The van der Waals surface area contributed by atoms with Crippen LogP contribution in [0.15, 0.2) is 24.3 Å². The van der Waals surface area contributed by atoms with E-state index >= 15 is 0 Å². The van der Waals surface area contributed by atoms with Gasteiger partial charge in [0.2, 0.25) is 0 Å². The standard InChI is InChI=1S/C15H21NO2/c1-16(10-12-5-4-6-12)11-14-8-3-2-7-13(14)9-15(17)18/h2-3,7-8,12H,4-6,9-11H2,1H3,(H,17,18). The Morgan fingerprint density at radius 2 is 2.00 bits per heavy atom. The van der Waals surface area contributed by atoms with Gasteiger partial charge < -0.3 is 10.0 Å². The van der Waals surface area contributed by atoms with Gasteiger partial charge >= 0.3 is 5.97 Å². The molecule has 0 amide bonds. The van der Waals surface area contributed by atoms with E-state index in [0.29, 0.717) is 0 Å². The van der Waals surface area contributed by atoms with Crippen molar-refractivity contribution in [2.75, 3.05) is 13.6 Å². The molecule has 2 rings (SSSR count). The number of benzene rings is 1. The topological polar surface area (TPSA) is 40.5 Å². The number of rotatable bonds is 6. The Morgan fingerprint density at radius 1 is 1.33 bits per heavy atom. The first kappa shape index (κ1) is 13.1. The average Bonchev–Trinajstić information content (AvgIpc) is 2.26. The van der Waals surface area contributed by atoms with E-state index in [1.807, 2.05) is 24.3 Å². The predicted molar refractivity (Wildman–Crippen MR) is 71.5 cm³/mol. The van der Waals surface area contributed by atoms with Crippen LogP contribution in [0.1, 0.15) is 30.4 Å². The zero-order valence-corrected chi connectivity index (χ0v) is 10.9. The van der Waals surface area contributed by atoms with E-state index in [2.05, 4.69) is 11.9 Å². The van der Waals surface area contributed by atoms with E-state index in [9.17, 15) is 4.79 Å². The number of nitrogens with zero attached hydrogens (tertiary/aromatic N) is 1. The molecule has 0 aromatic heterocycles. The first-order chi connectivity index (χ1) is 8.65. The van der Waals surface area contributed by atoms with E-state index in [1.165, 1.54) is 19.3 Å². The lowest BCUT2D eigenvalue weighted by Gasteiger charge is -2.30. The molecule has 0 radical (unpaired) electrons. The summed E-state index contributed by atoms with van der Waals surface area (Å²) in [4.78, 5) is 13.1. The number of aliphatic carboxylic acids is 1. The van der Waals surface area contributed by atoms with Crippen molar-refractivity contribution < 1.29 is 9.90 Å². The predicted octanol–water partition coefficient (Wildman–Crippen LogP) is 2.55. The first-order valence-electron chi connectivity index (χ1n) is 6.62. The summed E-state index contributed by atoms with van der Waals surface area (Å²) in [6.07, 6.45) is 4.18. The molecule has 1 aromatic rings. The van der Waals surface area contributed by atoms with Crippen LogP contribution >= 0.6 is 0 Å². The molecule has 0 saturated heterocycles. The van der Waals surface area contributed by atoms with Crippen molar-refractivity contribution >= 4 is 5.97 Å². The Bertz CT molecular complexity index is 413. The van der Waals surface area contributed by atoms with Gasteiger partial charge in [0.05, 0.1) is 6.42 Å². The molecule has 98 valence electrons. The molecule has 3 nitrogen and oxygen atoms in total. The van der Waals surface area contributed by atoms with E-state index in [4.69, 9.17) is 5.11 Å². The summed E-state index contributed by atoms with van der Waals surface area (Å²) in [5, 5.41) is 8.90. The van der Waals surface area contributed by atoms with Gasteiger partial charge in [-0.25, -0.2) is 0 Å². The Balaban J connectivity index is 1.96. The molecular formula is C15H21NO2. The van der Waals surface area contributed by atoms with Gasteiger partial charge in [0.1, 0.15) is 0 Å². The highest BCUT2D eigenvalue weighted by Gasteiger charge is 2.19. The maximum absolute atomic E-state index is 10.8. The molecule has 18 heavy (non-hydrogen) atoms. The molecule has 0 bridgehead atoms. The molecule has 1 N–H and O–H groups in total. The van der Waals surface area contributed by atoms with Crippen LogP contribution in [0.4, 0.5) is 0 Å². The number of hydrogen-bond donors (Lipinski definition) is 1. The molecule has 0 heterocycles. The van der Waals surface area contributed by atoms with Gasteiger partial charge in [-0.15, -0.1) is 0 Å². The summed E-state index contributed by atoms with van der Waals surface area (Å²) in [5.74, 6) is 0.0886. The summed E-state index contributed by atoms with van der Waals surface area (Å²) in [6.45, 7) is 1.97. The SMILES string of the molecule is CN(Cc1ccccc1CC(=O)O)CC1CCC1. The normalized spacial score (nSPS) is 15.7. The highest BCUT2D eigenvalue weighted by atomic mass is 16.4. The first-order valence-corrected chi connectivity index (χ1v) is 6.62. The van der Waals surface area contributed by atoms with E-state index in [1.54, 1.807) is 0 Å². The number of carboxylic acid groups (broad SMARTS) is 1. The van der Waals surface area contributed by atoms with Crippen molar-refractivity contribution in [3.63, 3.8) is 0 Å². The fourth-order valence-electron chi connectivity index (χ4n) is 2.52. The lowest BCUT2D eigenvalue weighted by atomic mass is 9.85. The zero-order valence-electron chi connectivity index (χ0n) is 10.9. The maximum atomic E-state index is 10.8. The van der Waals surface area contributed by atoms with Gasteiger partial charge in [0.15, 0.2) is 0 Å². The second kappa shape index (κ2) is 6.01. The molecule has 1 saturated carbocycles. The van der Waals surface area contributed by atoms with Crippen molar-refractivity contribution in [1.82, 2.24) is 4.90 Å². The summed E-state index contributed by atoms with van der Waals surface area (Å²) < 4.78 is 0. The molecule has 3 heteroatoms. The van der Waals surface area contributed by atoms with Gasteiger partial charge in [-0.3, -0.25) is 4.79 Å². The van der Waals surface area contributed by atoms with Crippen LogP contribution in [0.2, 0.25) is 0 Å². The third kappa shape index (κ3) is 3.57. The lowest BCUT2D eigenvalue weighted by Crippen LogP contribution is -2.29. The minimum atomic E-state index is -0.760. The molecule has 1 aliphatic rings. The molecular weight excluding hydrogens is 226 g/mol. The molecule has 0 spiro atoms. The third-order valence-electron chi connectivity index (χ3n) is 3.69. The van der Waals surface area contributed by atoms with Gasteiger partial charge in [-0.05, 0) is 36.9 Å². The van der Waals surface area contributed by atoms with Crippen molar-refractivity contribution in [3.05, 3.63) is 35.4 Å². The fourth-order valence-corrected chi connectivity index (χ4v) is 2.52. The van der Waals surface area contributed by atoms with Crippen molar-refractivity contribution in [2.24, 2.45) is 5.92 Å². The van der Waals surface area contributed by atoms with E-state index < -0.39 is 5.97 Å². The summed E-state index contributed by atoms with van der Waals surface area (Å²) in [7, 11) is 2.12. The number of carboxylic acids is 1. The zero-order chi connectivity index (χ0) is 13.0. The molecule has 0 aliphatic heterocycles. The molecule has 1 aliphatic carbocycles. The minimum Gasteiger partial charge on any atom is -0.481 e.